The summed E-state index contributed by atoms with van der Waals surface area (Å²) in [4.78, 5) is 22.7. The molecule has 4 nitrogen and oxygen atoms in total. The first-order chi connectivity index (χ1) is 7.19. The number of amides is 2. The van der Waals surface area contributed by atoms with E-state index in [1.165, 1.54) is 0 Å². The van der Waals surface area contributed by atoms with Crippen molar-refractivity contribution in [2.75, 3.05) is 7.05 Å². The molecule has 82 valence electrons. The van der Waals surface area contributed by atoms with E-state index < -0.39 is 0 Å². The standard InChI is InChI=1S/C11H16N2O2/c1-3-5-10(14)13-9-7-4-6-8(9)11(15)12-2/h8-9H,4,6-7H2,1-2H3,(H,12,15)(H,13,14). The number of carbonyl (C=O) groups is 2. The molecule has 1 fully saturated rings. The van der Waals surface area contributed by atoms with Crippen LogP contribution in [0.3, 0.4) is 0 Å². The molecule has 0 aliphatic heterocycles. The van der Waals surface area contributed by atoms with Gasteiger partial charge in [0.25, 0.3) is 5.91 Å². The lowest BCUT2D eigenvalue weighted by Gasteiger charge is -2.18. The van der Waals surface area contributed by atoms with Gasteiger partial charge in [0.1, 0.15) is 0 Å². The molecule has 0 saturated heterocycles. The maximum absolute atomic E-state index is 11.5. The first-order valence-corrected chi connectivity index (χ1v) is 5.14. The molecule has 2 unspecified atom stereocenters. The third kappa shape index (κ3) is 2.98. The minimum absolute atomic E-state index is 0.00209. The van der Waals surface area contributed by atoms with Crippen molar-refractivity contribution in [3.8, 4) is 11.8 Å². The lowest BCUT2D eigenvalue weighted by Crippen LogP contribution is -2.42. The number of nitrogens with one attached hydrogen (secondary N) is 2. The zero-order valence-electron chi connectivity index (χ0n) is 9.09. The summed E-state index contributed by atoms with van der Waals surface area (Å²) in [5.41, 5.74) is 0. The summed E-state index contributed by atoms with van der Waals surface area (Å²) in [6.45, 7) is 1.62. The molecule has 1 rings (SSSR count). The van der Waals surface area contributed by atoms with E-state index in [0.717, 1.165) is 19.3 Å². The Hall–Kier alpha value is -1.50. The van der Waals surface area contributed by atoms with E-state index in [1.807, 2.05) is 0 Å². The molecule has 2 amide bonds. The van der Waals surface area contributed by atoms with Gasteiger partial charge >= 0.3 is 0 Å². The van der Waals surface area contributed by atoms with Gasteiger partial charge in [-0.05, 0) is 25.7 Å². The van der Waals surface area contributed by atoms with E-state index in [0.29, 0.717) is 0 Å². The van der Waals surface area contributed by atoms with Crippen molar-refractivity contribution in [3.05, 3.63) is 0 Å². The summed E-state index contributed by atoms with van der Waals surface area (Å²) in [6.07, 6.45) is 2.67. The normalized spacial score (nSPS) is 23.9. The topological polar surface area (TPSA) is 58.2 Å². The Labute approximate surface area is 89.8 Å². The van der Waals surface area contributed by atoms with Gasteiger partial charge in [-0.15, -0.1) is 0 Å². The number of carbonyl (C=O) groups excluding carboxylic acids is 2. The molecular formula is C11H16N2O2. The smallest absolute Gasteiger partial charge is 0.296 e. The molecule has 1 aliphatic carbocycles. The highest BCUT2D eigenvalue weighted by atomic mass is 16.2. The fourth-order valence-electron chi connectivity index (χ4n) is 1.95. The predicted octanol–water partition coefficient (Wildman–Crippen LogP) is 0.0406. The van der Waals surface area contributed by atoms with Crippen LogP contribution < -0.4 is 10.6 Å². The third-order valence-electron chi connectivity index (χ3n) is 2.65. The summed E-state index contributed by atoms with van der Waals surface area (Å²) >= 11 is 0. The molecule has 2 atom stereocenters. The summed E-state index contributed by atoms with van der Waals surface area (Å²) in [6, 6.07) is -0.0571. The van der Waals surface area contributed by atoms with Gasteiger partial charge in [-0.2, -0.15) is 0 Å². The SMILES string of the molecule is CC#CC(=O)NC1CCCC1C(=O)NC. The average Bonchev–Trinajstić information content (AvgIpc) is 2.65. The summed E-state index contributed by atoms with van der Waals surface area (Å²) in [5, 5.41) is 5.39. The molecule has 1 aliphatic rings. The summed E-state index contributed by atoms with van der Waals surface area (Å²) in [7, 11) is 1.62. The molecule has 0 aromatic rings. The summed E-state index contributed by atoms with van der Waals surface area (Å²) < 4.78 is 0. The van der Waals surface area contributed by atoms with Crippen LogP contribution in [0.5, 0.6) is 0 Å². The molecule has 1 saturated carbocycles. The highest BCUT2D eigenvalue weighted by Crippen LogP contribution is 2.25. The van der Waals surface area contributed by atoms with Gasteiger partial charge in [0.2, 0.25) is 5.91 Å². The monoisotopic (exact) mass is 208 g/mol. The van der Waals surface area contributed by atoms with E-state index in [9.17, 15) is 9.59 Å². The fraction of sp³-hybridized carbons (Fsp3) is 0.636. The molecule has 0 aromatic carbocycles. The van der Waals surface area contributed by atoms with Crippen LogP contribution in [0, 0.1) is 17.8 Å². The highest BCUT2D eigenvalue weighted by Gasteiger charge is 2.32. The minimum Gasteiger partial charge on any atom is -0.359 e. The second-order valence-electron chi connectivity index (χ2n) is 3.61. The van der Waals surface area contributed by atoms with E-state index in [2.05, 4.69) is 22.5 Å². The van der Waals surface area contributed by atoms with Crippen LogP contribution in [-0.2, 0) is 9.59 Å². The largest absolute Gasteiger partial charge is 0.359 e. The second kappa shape index (κ2) is 5.40. The van der Waals surface area contributed by atoms with Gasteiger partial charge in [0.05, 0.1) is 5.92 Å². The number of hydrogen-bond acceptors (Lipinski definition) is 2. The second-order valence-corrected chi connectivity index (χ2v) is 3.61. The Morgan fingerprint density at radius 2 is 2.07 bits per heavy atom. The van der Waals surface area contributed by atoms with Crippen LogP contribution in [0.4, 0.5) is 0 Å². The van der Waals surface area contributed by atoms with Gasteiger partial charge in [0, 0.05) is 13.1 Å². The zero-order chi connectivity index (χ0) is 11.3. The number of hydrogen-bond donors (Lipinski definition) is 2. The molecule has 2 N–H and O–H groups in total. The first kappa shape index (κ1) is 11.6. The maximum atomic E-state index is 11.5. The zero-order valence-corrected chi connectivity index (χ0v) is 9.09. The van der Waals surface area contributed by atoms with Crippen LogP contribution >= 0.6 is 0 Å². The Balaban J connectivity index is 2.56. The van der Waals surface area contributed by atoms with Crippen LogP contribution in [0.1, 0.15) is 26.2 Å². The Morgan fingerprint density at radius 3 is 2.67 bits per heavy atom. The van der Waals surface area contributed by atoms with Crippen molar-refractivity contribution < 1.29 is 9.59 Å². The van der Waals surface area contributed by atoms with Crippen molar-refractivity contribution in [1.29, 1.82) is 0 Å². The first-order valence-electron chi connectivity index (χ1n) is 5.14. The van der Waals surface area contributed by atoms with E-state index >= 15 is 0 Å². The van der Waals surface area contributed by atoms with Crippen LogP contribution in [0.2, 0.25) is 0 Å². The minimum atomic E-state index is -0.293. The molecule has 0 aromatic heterocycles. The van der Waals surface area contributed by atoms with Gasteiger partial charge in [0.15, 0.2) is 0 Å². The van der Waals surface area contributed by atoms with Gasteiger partial charge < -0.3 is 10.6 Å². The maximum Gasteiger partial charge on any atom is 0.296 e. The van der Waals surface area contributed by atoms with Crippen molar-refractivity contribution in [2.45, 2.75) is 32.2 Å². The molecule has 0 heterocycles. The lowest BCUT2D eigenvalue weighted by atomic mass is 10.0. The quantitative estimate of drug-likeness (QED) is 0.629. The van der Waals surface area contributed by atoms with Crippen LogP contribution in [0.15, 0.2) is 0 Å². The Kier molecular flexibility index (Phi) is 4.17. The predicted molar refractivity (Wildman–Crippen MR) is 56.8 cm³/mol. The highest BCUT2D eigenvalue weighted by molar-refractivity contribution is 5.94. The third-order valence-corrected chi connectivity index (χ3v) is 2.65. The van der Waals surface area contributed by atoms with Gasteiger partial charge in [-0.1, -0.05) is 12.3 Å². The molecule has 0 radical (unpaired) electrons. The van der Waals surface area contributed by atoms with Crippen molar-refractivity contribution in [2.24, 2.45) is 5.92 Å². The van der Waals surface area contributed by atoms with Crippen LogP contribution in [0.25, 0.3) is 0 Å². The summed E-state index contributed by atoms with van der Waals surface area (Å²) in [5.74, 6) is 4.56. The number of rotatable bonds is 2. The van der Waals surface area contributed by atoms with E-state index in [1.54, 1.807) is 14.0 Å². The average molecular weight is 208 g/mol. The van der Waals surface area contributed by atoms with Crippen molar-refractivity contribution >= 4 is 11.8 Å². The van der Waals surface area contributed by atoms with E-state index in [-0.39, 0.29) is 23.8 Å². The molecule has 0 bridgehead atoms. The van der Waals surface area contributed by atoms with Gasteiger partial charge in [-0.3, -0.25) is 9.59 Å². The van der Waals surface area contributed by atoms with Crippen molar-refractivity contribution in [3.63, 3.8) is 0 Å². The van der Waals surface area contributed by atoms with Crippen LogP contribution in [-0.4, -0.2) is 24.9 Å². The Morgan fingerprint density at radius 1 is 1.33 bits per heavy atom. The lowest BCUT2D eigenvalue weighted by molar-refractivity contribution is -0.125. The molecule has 15 heavy (non-hydrogen) atoms. The molecule has 4 heteroatoms. The van der Waals surface area contributed by atoms with E-state index in [4.69, 9.17) is 0 Å². The van der Waals surface area contributed by atoms with Gasteiger partial charge in [-0.25, -0.2) is 0 Å². The Bertz CT molecular complexity index is 314. The molecule has 0 spiro atoms. The molecular weight excluding hydrogens is 192 g/mol. The fourth-order valence-corrected chi connectivity index (χ4v) is 1.95. The van der Waals surface area contributed by atoms with Crippen molar-refractivity contribution in [1.82, 2.24) is 10.6 Å².